The average Bonchev–Trinajstić information content (AvgIpc) is 2.87. The Labute approximate surface area is 127 Å². The number of rotatable bonds is 1. The van der Waals surface area contributed by atoms with Crippen LogP contribution in [0, 0.1) is 5.92 Å². The summed E-state index contributed by atoms with van der Waals surface area (Å²) >= 11 is 0. The van der Waals surface area contributed by atoms with Gasteiger partial charge in [-0.2, -0.15) is 0 Å². The Balaban J connectivity index is 1.60. The van der Waals surface area contributed by atoms with Gasteiger partial charge in [-0.05, 0) is 61.3 Å². The quantitative estimate of drug-likeness (QED) is 0.860. The fourth-order valence-electron chi connectivity index (χ4n) is 4.25. The second-order valence-corrected chi connectivity index (χ2v) is 7.16. The average molecular weight is 287 g/mol. The maximum absolute atomic E-state index is 6.70. The molecule has 1 aromatic carbocycles. The molecule has 4 rings (SSSR count). The summed E-state index contributed by atoms with van der Waals surface area (Å²) in [6.45, 7) is 3.38. The van der Waals surface area contributed by atoms with Crippen molar-refractivity contribution in [3.05, 3.63) is 29.3 Å². The van der Waals surface area contributed by atoms with E-state index >= 15 is 0 Å². The Kier molecular flexibility index (Phi) is 3.23. The van der Waals surface area contributed by atoms with Crippen LogP contribution in [-0.2, 0) is 11.2 Å². The van der Waals surface area contributed by atoms with E-state index in [0.29, 0.717) is 6.04 Å². The summed E-state index contributed by atoms with van der Waals surface area (Å²) in [6, 6.07) is 6.88. The number of nitrogens with one attached hydrogen (secondary N) is 1. The molecule has 1 aliphatic heterocycles. The zero-order valence-corrected chi connectivity index (χ0v) is 13.0. The van der Waals surface area contributed by atoms with Crippen molar-refractivity contribution >= 4 is 0 Å². The molecular formula is C18H25NO2. The highest BCUT2D eigenvalue weighted by atomic mass is 16.5. The van der Waals surface area contributed by atoms with E-state index in [4.69, 9.17) is 9.47 Å². The van der Waals surface area contributed by atoms with Crippen LogP contribution in [0.5, 0.6) is 5.75 Å². The molecule has 1 aromatic rings. The van der Waals surface area contributed by atoms with Gasteiger partial charge in [0.2, 0.25) is 0 Å². The second-order valence-electron chi connectivity index (χ2n) is 7.16. The number of fused-ring (bicyclic) bond motifs is 3. The van der Waals surface area contributed by atoms with Gasteiger partial charge in [-0.15, -0.1) is 0 Å². The maximum Gasteiger partial charge on any atom is 0.119 e. The first kappa shape index (κ1) is 13.6. The van der Waals surface area contributed by atoms with Crippen LogP contribution in [0.4, 0.5) is 0 Å². The summed E-state index contributed by atoms with van der Waals surface area (Å²) in [5, 5.41) is 3.78. The number of hydrogen-bond donors (Lipinski definition) is 1. The lowest BCUT2D eigenvalue weighted by atomic mass is 9.78. The lowest BCUT2D eigenvalue weighted by Gasteiger charge is -2.47. The lowest BCUT2D eigenvalue weighted by molar-refractivity contribution is -0.153. The molecule has 1 saturated heterocycles. The van der Waals surface area contributed by atoms with Gasteiger partial charge in [-0.25, -0.2) is 0 Å². The van der Waals surface area contributed by atoms with Crippen LogP contribution >= 0.6 is 0 Å². The van der Waals surface area contributed by atoms with Crippen molar-refractivity contribution in [1.82, 2.24) is 5.32 Å². The highest BCUT2D eigenvalue weighted by Crippen LogP contribution is 2.46. The zero-order chi connectivity index (χ0) is 14.4. The molecule has 0 bridgehead atoms. The van der Waals surface area contributed by atoms with E-state index in [2.05, 4.69) is 30.4 Å². The van der Waals surface area contributed by atoms with Gasteiger partial charge in [0, 0.05) is 12.6 Å². The highest BCUT2D eigenvalue weighted by Gasteiger charge is 2.46. The van der Waals surface area contributed by atoms with Gasteiger partial charge < -0.3 is 14.8 Å². The van der Waals surface area contributed by atoms with Crippen molar-refractivity contribution in [3.63, 3.8) is 0 Å². The standard InChI is InChI=1S/C18H25NO2/c1-12-5-7-18(8-6-12)11-19-16-9-13-3-4-14(20-2)10-15(13)17(16)21-18/h3-4,10,12,16-17,19H,5-9,11H2,1-2H3. The number of benzene rings is 1. The topological polar surface area (TPSA) is 30.5 Å². The summed E-state index contributed by atoms with van der Waals surface area (Å²) < 4.78 is 12.1. The maximum atomic E-state index is 6.70. The summed E-state index contributed by atoms with van der Waals surface area (Å²) in [7, 11) is 1.73. The molecule has 2 unspecified atom stereocenters. The number of methoxy groups -OCH3 is 1. The van der Waals surface area contributed by atoms with Crippen LogP contribution in [0.1, 0.15) is 49.8 Å². The van der Waals surface area contributed by atoms with Gasteiger partial charge >= 0.3 is 0 Å². The minimum Gasteiger partial charge on any atom is -0.497 e. The van der Waals surface area contributed by atoms with Crippen molar-refractivity contribution in [1.29, 1.82) is 0 Å². The molecule has 21 heavy (non-hydrogen) atoms. The van der Waals surface area contributed by atoms with E-state index in [9.17, 15) is 0 Å². The van der Waals surface area contributed by atoms with Crippen molar-refractivity contribution < 1.29 is 9.47 Å². The molecule has 1 N–H and O–H groups in total. The number of hydrogen-bond acceptors (Lipinski definition) is 3. The van der Waals surface area contributed by atoms with E-state index in [0.717, 1.165) is 24.6 Å². The Morgan fingerprint density at radius 3 is 2.86 bits per heavy atom. The molecule has 3 heteroatoms. The minimum absolute atomic E-state index is 0.0678. The Bertz CT molecular complexity index is 534. The molecule has 0 aromatic heterocycles. The summed E-state index contributed by atoms with van der Waals surface area (Å²) in [5.41, 5.74) is 2.82. The lowest BCUT2D eigenvalue weighted by Crippen LogP contribution is -2.56. The third-order valence-corrected chi connectivity index (χ3v) is 5.71. The van der Waals surface area contributed by atoms with Gasteiger partial charge in [-0.1, -0.05) is 13.0 Å². The van der Waals surface area contributed by atoms with E-state index in [1.165, 1.54) is 36.8 Å². The minimum atomic E-state index is 0.0678. The first-order chi connectivity index (χ1) is 10.2. The van der Waals surface area contributed by atoms with E-state index in [-0.39, 0.29) is 11.7 Å². The number of ether oxygens (including phenoxy) is 2. The van der Waals surface area contributed by atoms with Gasteiger partial charge in [0.25, 0.3) is 0 Å². The van der Waals surface area contributed by atoms with Gasteiger partial charge in [0.15, 0.2) is 0 Å². The van der Waals surface area contributed by atoms with Crippen molar-refractivity contribution in [3.8, 4) is 5.75 Å². The van der Waals surface area contributed by atoms with Gasteiger partial charge in [0.05, 0.1) is 18.8 Å². The molecule has 1 heterocycles. The molecule has 2 atom stereocenters. The van der Waals surface area contributed by atoms with Crippen LogP contribution in [0.3, 0.4) is 0 Å². The first-order valence-electron chi connectivity index (χ1n) is 8.27. The summed E-state index contributed by atoms with van der Waals surface area (Å²) in [6.07, 6.45) is 6.27. The predicted octanol–water partition coefficient (Wildman–Crippen LogP) is 3.23. The SMILES string of the molecule is COc1ccc2c(c1)C1OC3(CCC(C)CC3)CNC1C2. The normalized spacial score (nSPS) is 38.1. The second kappa shape index (κ2) is 4.99. The highest BCUT2D eigenvalue weighted by molar-refractivity contribution is 5.42. The summed E-state index contributed by atoms with van der Waals surface area (Å²) in [4.78, 5) is 0. The molecule has 0 radical (unpaired) electrons. The largest absolute Gasteiger partial charge is 0.497 e. The zero-order valence-electron chi connectivity index (χ0n) is 13.0. The van der Waals surface area contributed by atoms with Crippen molar-refractivity contribution in [2.24, 2.45) is 5.92 Å². The van der Waals surface area contributed by atoms with Crippen LogP contribution < -0.4 is 10.1 Å². The van der Waals surface area contributed by atoms with Crippen molar-refractivity contribution in [2.75, 3.05) is 13.7 Å². The van der Waals surface area contributed by atoms with E-state index in [1.54, 1.807) is 7.11 Å². The fraction of sp³-hybridized carbons (Fsp3) is 0.667. The number of morpholine rings is 1. The molecule has 3 nitrogen and oxygen atoms in total. The van der Waals surface area contributed by atoms with Crippen LogP contribution in [0.2, 0.25) is 0 Å². The smallest absolute Gasteiger partial charge is 0.119 e. The predicted molar refractivity (Wildman–Crippen MR) is 82.7 cm³/mol. The molecule has 3 aliphatic rings. The Morgan fingerprint density at radius 2 is 2.10 bits per heavy atom. The third-order valence-electron chi connectivity index (χ3n) is 5.71. The van der Waals surface area contributed by atoms with Crippen molar-refractivity contribution in [2.45, 2.75) is 56.8 Å². The van der Waals surface area contributed by atoms with Gasteiger partial charge in [0.1, 0.15) is 5.75 Å². The Hall–Kier alpha value is -1.06. The molecular weight excluding hydrogens is 262 g/mol. The molecule has 2 aliphatic carbocycles. The monoisotopic (exact) mass is 287 g/mol. The third kappa shape index (κ3) is 2.27. The molecule has 1 saturated carbocycles. The summed E-state index contributed by atoms with van der Waals surface area (Å²) in [5.74, 6) is 1.79. The molecule has 114 valence electrons. The van der Waals surface area contributed by atoms with Crippen LogP contribution in [-0.4, -0.2) is 25.3 Å². The van der Waals surface area contributed by atoms with Crippen LogP contribution in [0.25, 0.3) is 0 Å². The van der Waals surface area contributed by atoms with E-state index < -0.39 is 0 Å². The molecule has 2 fully saturated rings. The fourth-order valence-corrected chi connectivity index (χ4v) is 4.25. The Morgan fingerprint density at radius 1 is 1.29 bits per heavy atom. The van der Waals surface area contributed by atoms with Gasteiger partial charge in [-0.3, -0.25) is 0 Å². The first-order valence-corrected chi connectivity index (χ1v) is 8.27. The van der Waals surface area contributed by atoms with E-state index in [1.807, 2.05) is 0 Å². The van der Waals surface area contributed by atoms with Crippen LogP contribution in [0.15, 0.2) is 18.2 Å². The molecule has 0 amide bonds. The molecule has 1 spiro atoms.